The maximum atomic E-state index is 5.36. The fourth-order valence-corrected chi connectivity index (χ4v) is 5.92. The van der Waals surface area contributed by atoms with E-state index in [2.05, 4.69) is 113 Å². The van der Waals surface area contributed by atoms with Crippen LogP contribution in [0.5, 0.6) is 5.75 Å². The molecule has 0 N–H and O–H groups in total. The van der Waals surface area contributed by atoms with Gasteiger partial charge in [0.2, 0.25) is 0 Å². The second kappa shape index (κ2) is 5.84. The van der Waals surface area contributed by atoms with Gasteiger partial charge in [0, 0.05) is 10.7 Å². The number of halogens is 5. The summed E-state index contributed by atoms with van der Waals surface area (Å²) < 4.78 is 11.6. The van der Waals surface area contributed by atoms with Gasteiger partial charge in [-0.05, 0) is 113 Å². The van der Waals surface area contributed by atoms with Crippen molar-refractivity contribution in [1.82, 2.24) is 0 Å². The topological polar surface area (TPSA) is 9.23 Å². The van der Waals surface area contributed by atoms with Crippen molar-refractivity contribution in [2.45, 2.75) is 0 Å². The molecule has 0 aromatic heterocycles. The lowest BCUT2D eigenvalue weighted by Crippen LogP contribution is -1.99. The third kappa shape index (κ3) is 2.87. The molecule has 0 aliphatic rings. The molecule has 0 fully saturated rings. The van der Waals surface area contributed by atoms with Gasteiger partial charge in [-0.3, -0.25) is 0 Å². The molecule has 0 radical (unpaired) electrons. The van der Waals surface area contributed by atoms with Crippen LogP contribution in [0.4, 0.5) is 0 Å². The van der Waals surface area contributed by atoms with Gasteiger partial charge in [0.05, 0.1) is 14.3 Å². The molecule has 1 rings (SSSR count). The van der Waals surface area contributed by atoms with Crippen LogP contribution in [0.2, 0.25) is 0 Å². The van der Waals surface area contributed by atoms with Crippen LogP contribution in [0.1, 0.15) is 0 Å². The minimum Gasteiger partial charge on any atom is -0.494 e. The van der Waals surface area contributed by atoms with E-state index < -0.39 is 0 Å². The van der Waals surface area contributed by atoms with Crippen molar-refractivity contribution in [2.24, 2.45) is 0 Å². The fraction of sp³-hybridized carbons (Fsp3) is 0.143. The summed E-state index contributed by atoms with van der Waals surface area (Å²) in [6.45, 7) is 0. The Bertz CT molecular complexity index is 320. The minimum atomic E-state index is 0.996. The SMILES string of the molecule is COc1c(I)c(I)c(I)c(I)c1I. The molecule has 0 bridgehead atoms. The molecule has 0 amide bonds. The molecule has 0 aliphatic heterocycles. The summed E-state index contributed by atoms with van der Waals surface area (Å²) in [5.41, 5.74) is 0. The molecular formula is C7H3I5O. The average molecular weight is 738 g/mol. The lowest BCUT2D eigenvalue weighted by molar-refractivity contribution is 0.408. The quantitative estimate of drug-likeness (QED) is 0.231. The molecule has 13 heavy (non-hydrogen) atoms. The largest absolute Gasteiger partial charge is 0.494 e. The summed E-state index contributed by atoms with van der Waals surface area (Å²) >= 11 is 11.7. The van der Waals surface area contributed by atoms with Crippen molar-refractivity contribution in [3.8, 4) is 5.75 Å². The van der Waals surface area contributed by atoms with E-state index in [-0.39, 0.29) is 0 Å². The first-order chi connectivity index (χ1) is 6.00. The van der Waals surface area contributed by atoms with Crippen LogP contribution in [0, 0.1) is 17.9 Å². The third-order valence-electron chi connectivity index (χ3n) is 1.37. The zero-order valence-corrected chi connectivity index (χ0v) is 17.1. The van der Waals surface area contributed by atoms with Gasteiger partial charge in [0.15, 0.2) is 0 Å². The molecule has 0 unspecified atom stereocenters. The number of ether oxygens (including phenoxy) is 1. The second-order valence-electron chi connectivity index (χ2n) is 2.10. The van der Waals surface area contributed by atoms with E-state index >= 15 is 0 Å². The first-order valence-corrected chi connectivity index (χ1v) is 8.45. The van der Waals surface area contributed by atoms with Crippen molar-refractivity contribution >= 4 is 113 Å². The van der Waals surface area contributed by atoms with Gasteiger partial charge in [0.25, 0.3) is 0 Å². The summed E-state index contributed by atoms with van der Waals surface area (Å²) in [6.07, 6.45) is 0. The highest BCUT2D eigenvalue weighted by Gasteiger charge is 2.17. The molecule has 0 saturated carbocycles. The zero-order valence-electron chi connectivity index (χ0n) is 6.30. The predicted molar refractivity (Wildman–Crippen MR) is 96.6 cm³/mol. The van der Waals surface area contributed by atoms with Gasteiger partial charge in [0.1, 0.15) is 5.75 Å². The van der Waals surface area contributed by atoms with Crippen molar-refractivity contribution in [3.63, 3.8) is 0 Å². The number of hydrogen-bond acceptors (Lipinski definition) is 1. The molecule has 1 aromatic carbocycles. The summed E-state index contributed by atoms with van der Waals surface area (Å²) in [4.78, 5) is 0. The van der Waals surface area contributed by atoms with E-state index in [1.807, 2.05) is 0 Å². The monoisotopic (exact) mass is 738 g/mol. The smallest absolute Gasteiger partial charge is 0.147 e. The molecular weight excluding hydrogens is 735 g/mol. The van der Waals surface area contributed by atoms with Gasteiger partial charge in [-0.15, -0.1) is 0 Å². The van der Waals surface area contributed by atoms with Crippen LogP contribution in [0.3, 0.4) is 0 Å². The Hall–Kier alpha value is 2.67. The summed E-state index contributed by atoms with van der Waals surface area (Å²) in [5.74, 6) is 0.996. The Morgan fingerprint density at radius 2 is 1.00 bits per heavy atom. The number of hydrogen-bond donors (Lipinski definition) is 0. The first-order valence-electron chi connectivity index (χ1n) is 3.06. The van der Waals surface area contributed by atoms with Crippen molar-refractivity contribution in [3.05, 3.63) is 17.9 Å². The Labute approximate surface area is 145 Å². The molecule has 0 saturated heterocycles. The van der Waals surface area contributed by atoms with E-state index in [0.717, 1.165) is 5.75 Å². The van der Waals surface area contributed by atoms with Crippen molar-refractivity contribution in [2.75, 3.05) is 7.11 Å². The van der Waals surface area contributed by atoms with Crippen LogP contribution in [0.15, 0.2) is 0 Å². The first kappa shape index (κ1) is 13.7. The molecule has 0 aliphatic carbocycles. The summed E-state index contributed by atoms with van der Waals surface area (Å²) in [5, 5.41) is 0. The van der Waals surface area contributed by atoms with Crippen LogP contribution < -0.4 is 4.74 Å². The van der Waals surface area contributed by atoms with Crippen molar-refractivity contribution < 1.29 is 4.74 Å². The van der Waals surface area contributed by atoms with Crippen LogP contribution in [-0.2, 0) is 0 Å². The van der Waals surface area contributed by atoms with Gasteiger partial charge in [-0.2, -0.15) is 0 Å². The second-order valence-corrected chi connectivity index (χ2v) is 7.50. The summed E-state index contributed by atoms with van der Waals surface area (Å²) in [7, 11) is 1.72. The van der Waals surface area contributed by atoms with Crippen LogP contribution in [-0.4, -0.2) is 7.11 Å². The molecule has 0 heterocycles. The molecule has 0 spiro atoms. The number of methoxy groups -OCH3 is 1. The molecule has 6 heteroatoms. The normalized spacial score (nSPS) is 10.3. The highest BCUT2D eigenvalue weighted by molar-refractivity contribution is 14.1. The standard InChI is InChI=1S/C7H3I5O/c1-13-7-5(11)3(9)2(8)4(10)6(7)12/h1H3. The van der Waals surface area contributed by atoms with Crippen LogP contribution >= 0.6 is 113 Å². The molecule has 1 nitrogen and oxygen atoms in total. The fourth-order valence-electron chi connectivity index (χ4n) is 0.764. The van der Waals surface area contributed by atoms with Crippen LogP contribution in [0.25, 0.3) is 0 Å². The maximum absolute atomic E-state index is 5.36. The number of benzene rings is 1. The Morgan fingerprint density at radius 3 is 1.31 bits per heavy atom. The predicted octanol–water partition coefficient (Wildman–Crippen LogP) is 4.72. The lowest BCUT2D eigenvalue weighted by Gasteiger charge is -2.11. The minimum absolute atomic E-state index is 0.996. The molecule has 72 valence electrons. The Morgan fingerprint density at radius 1 is 0.692 bits per heavy atom. The maximum Gasteiger partial charge on any atom is 0.147 e. The van der Waals surface area contributed by atoms with Gasteiger partial charge < -0.3 is 4.74 Å². The highest BCUT2D eigenvalue weighted by atomic mass is 127. The summed E-state index contributed by atoms with van der Waals surface area (Å²) in [6, 6.07) is 0. The zero-order chi connectivity index (χ0) is 10.2. The molecule has 1 aromatic rings. The van der Waals surface area contributed by atoms with E-state index in [4.69, 9.17) is 4.74 Å². The van der Waals surface area contributed by atoms with Gasteiger partial charge >= 0.3 is 0 Å². The van der Waals surface area contributed by atoms with E-state index in [9.17, 15) is 0 Å². The van der Waals surface area contributed by atoms with Crippen molar-refractivity contribution in [1.29, 1.82) is 0 Å². The Balaban J connectivity index is 3.56. The van der Waals surface area contributed by atoms with Gasteiger partial charge in [-0.25, -0.2) is 0 Å². The lowest BCUT2D eigenvalue weighted by atomic mass is 10.3. The third-order valence-corrected chi connectivity index (χ3v) is 10.8. The Kier molecular flexibility index (Phi) is 6.17. The van der Waals surface area contributed by atoms with E-state index in [1.54, 1.807) is 7.11 Å². The van der Waals surface area contributed by atoms with Gasteiger partial charge in [-0.1, -0.05) is 0 Å². The van der Waals surface area contributed by atoms with E-state index in [1.165, 1.54) is 17.9 Å². The average Bonchev–Trinajstić information content (AvgIpc) is 2.13. The van der Waals surface area contributed by atoms with E-state index in [0.29, 0.717) is 0 Å². The number of rotatable bonds is 1. The molecule has 0 atom stereocenters. The highest BCUT2D eigenvalue weighted by Crippen LogP contribution is 2.37.